The number of unbranched alkanes of at least 4 members (excludes halogenated alkanes) is 10. The molecule has 13 heteroatoms. The topological polar surface area (TPSA) is 88.1 Å². The number of esters is 3. The lowest BCUT2D eigenvalue weighted by molar-refractivity contribution is 0.0314. The number of carbonyl (C=O) groups is 3. The summed E-state index contributed by atoms with van der Waals surface area (Å²) in [5.41, 5.74) is -2.83. The molecule has 3 aromatic carbocycles. The molecule has 0 amide bonds. The molecule has 0 aliphatic heterocycles. The second-order valence-electron chi connectivity index (χ2n) is 12.4. The molecule has 1 atom stereocenters. The predicted molar refractivity (Wildman–Crippen MR) is 181 cm³/mol. The summed E-state index contributed by atoms with van der Waals surface area (Å²) in [5, 5.41) is 0. The largest absolute Gasteiger partial charge is 0.487 e. The Morgan fingerprint density at radius 2 is 1.04 bits per heavy atom. The second kappa shape index (κ2) is 21.1. The van der Waals surface area contributed by atoms with Gasteiger partial charge < -0.3 is 18.9 Å². The zero-order valence-corrected chi connectivity index (χ0v) is 29.6. The number of hydrogen-bond donors (Lipinski definition) is 0. The fourth-order valence-electron chi connectivity index (χ4n) is 5.26. The Balaban J connectivity index is 1.60. The summed E-state index contributed by atoms with van der Waals surface area (Å²) >= 11 is 0. The highest BCUT2D eigenvalue weighted by Gasteiger charge is 2.32. The molecule has 3 rings (SSSR count). The van der Waals surface area contributed by atoms with Crippen molar-refractivity contribution in [2.45, 2.75) is 110 Å². The molecule has 1 unspecified atom stereocenters. The number of carbonyl (C=O) groups excluding carboxylic acids is 3. The van der Waals surface area contributed by atoms with Crippen LogP contribution in [0.3, 0.4) is 0 Å². The van der Waals surface area contributed by atoms with Crippen molar-refractivity contribution in [3.8, 4) is 17.2 Å². The molecule has 0 radical (unpaired) electrons. The third-order valence-electron chi connectivity index (χ3n) is 8.19. The van der Waals surface area contributed by atoms with Gasteiger partial charge in [0.05, 0.1) is 23.8 Å². The highest BCUT2D eigenvalue weighted by Crippen LogP contribution is 2.31. The highest BCUT2D eigenvalue weighted by molar-refractivity contribution is 5.94. The van der Waals surface area contributed by atoms with Gasteiger partial charge in [-0.25, -0.2) is 31.9 Å². The molecule has 52 heavy (non-hydrogen) atoms. The summed E-state index contributed by atoms with van der Waals surface area (Å²) in [7, 11) is 0. The Bertz CT molecular complexity index is 1650. The van der Waals surface area contributed by atoms with Gasteiger partial charge in [0.15, 0.2) is 17.4 Å². The van der Waals surface area contributed by atoms with Gasteiger partial charge in [0.25, 0.3) is 0 Å². The Labute approximate surface area is 299 Å². The first-order valence-corrected chi connectivity index (χ1v) is 17.6. The van der Waals surface area contributed by atoms with Gasteiger partial charge in [0, 0.05) is 12.1 Å². The summed E-state index contributed by atoms with van der Waals surface area (Å²) in [4.78, 5) is 37.6. The van der Waals surface area contributed by atoms with Crippen LogP contribution in [0.1, 0.15) is 135 Å². The zero-order chi connectivity index (χ0) is 38.2. The summed E-state index contributed by atoms with van der Waals surface area (Å²) in [5.74, 6) is -16.9. The van der Waals surface area contributed by atoms with Crippen molar-refractivity contribution in [1.82, 2.24) is 0 Å². The maximum absolute atomic E-state index is 14.9. The third kappa shape index (κ3) is 12.0. The van der Waals surface area contributed by atoms with Gasteiger partial charge >= 0.3 is 17.9 Å². The molecular formula is C39H44F6O7. The molecular weight excluding hydrogens is 694 g/mol. The fourth-order valence-corrected chi connectivity index (χ4v) is 5.26. The molecule has 0 spiro atoms. The number of halogens is 6. The number of rotatable bonds is 21. The van der Waals surface area contributed by atoms with Crippen LogP contribution in [0.5, 0.6) is 17.2 Å². The van der Waals surface area contributed by atoms with E-state index < -0.39 is 87.1 Å². The van der Waals surface area contributed by atoms with Gasteiger partial charge in [-0.3, -0.25) is 0 Å². The van der Waals surface area contributed by atoms with Gasteiger partial charge in [-0.1, -0.05) is 78.1 Å². The molecule has 0 aliphatic rings. The Morgan fingerprint density at radius 1 is 0.577 bits per heavy atom. The van der Waals surface area contributed by atoms with Crippen LogP contribution in [0, 0.1) is 34.9 Å². The normalized spacial score (nSPS) is 11.6. The molecule has 0 bridgehead atoms. The van der Waals surface area contributed by atoms with E-state index in [9.17, 15) is 40.7 Å². The smallest absolute Gasteiger partial charge is 0.349 e. The van der Waals surface area contributed by atoms with E-state index in [1.165, 1.54) is 0 Å². The monoisotopic (exact) mass is 738 g/mol. The lowest BCUT2D eigenvalue weighted by Gasteiger charge is -2.14. The van der Waals surface area contributed by atoms with Gasteiger partial charge in [0.1, 0.15) is 28.7 Å². The molecule has 0 saturated carbocycles. The first-order valence-electron chi connectivity index (χ1n) is 17.6. The molecule has 0 aliphatic carbocycles. The predicted octanol–water partition coefficient (Wildman–Crippen LogP) is 11.0. The third-order valence-corrected chi connectivity index (χ3v) is 8.19. The zero-order valence-electron chi connectivity index (χ0n) is 29.6. The molecule has 0 N–H and O–H groups in total. The van der Waals surface area contributed by atoms with Gasteiger partial charge in [-0.05, 0) is 50.5 Å². The van der Waals surface area contributed by atoms with Crippen molar-refractivity contribution in [3.05, 3.63) is 88.0 Å². The molecule has 284 valence electrons. The average molecular weight is 739 g/mol. The van der Waals surface area contributed by atoms with E-state index in [1.807, 2.05) is 0 Å². The first kappa shape index (κ1) is 41.9. The van der Waals surface area contributed by atoms with Crippen molar-refractivity contribution in [3.63, 3.8) is 0 Å². The lowest BCUT2D eigenvalue weighted by Crippen LogP contribution is -2.18. The van der Waals surface area contributed by atoms with E-state index in [0.29, 0.717) is 25.3 Å². The van der Waals surface area contributed by atoms with Gasteiger partial charge in [-0.2, -0.15) is 8.78 Å². The summed E-state index contributed by atoms with van der Waals surface area (Å²) in [6, 6.07) is 5.02. The summed E-state index contributed by atoms with van der Waals surface area (Å²) < 4.78 is 108. The molecule has 0 fully saturated rings. The van der Waals surface area contributed by atoms with Crippen molar-refractivity contribution in [2.24, 2.45) is 0 Å². The van der Waals surface area contributed by atoms with Crippen molar-refractivity contribution >= 4 is 17.9 Å². The van der Waals surface area contributed by atoms with Crippen LogP contribution in [0.4, 0.5) is 26.3 Å². The quantitative estimate of drug-likeness (QED) is 0.0353. The van der Waals surface area contributed by atoms with Gasteiger partial charge in [0.2, 0.25) is 11.6 Å². The fraction of sp³-hybridized carbons (Fsp3) is 0.462. The van der Waals surface area contributed by atoms with Crippen molar-refractivity contribution < 1.29 is 59.7 Å². The van der Waals surface area contributed by atoms with E-state index in [-0.39, 0.29) is 12.4 Å². The van der Waals surface area contributed by atoms with Crippen molar-refractivity contribution in [1.29, 1.82) is 0 Å². The van der Waals surface area contributed by atoms with E-state index in [4.69, 9.17) is 18.9 Å². The van der Waals surface area contributed by atoms with E-state index >= 15 is 0 Å². The van der Waals surface area contributed by atoms with E-state index in [2.05, 4.69) is 13.8 Å². The maximum Gasteiger partial charge on any atom is 0.349 e. The minimum Gasteiger partial charge on any atom is -0.487 e. The van der Waals surface area contributed by atoms with Crippen LogP contribution < -0.4 is 14.2 Å². The molecule has 7 nitrogen and oxygen atoms in total. The number of benzene rings is 3. The first-order chi connectivity index (χ1) is 24.9. The van der Waals surface area contributed by atoms with E-state index in [0.717, 1.165) is 94.5 Å². The van der Waals surface area contributed by atoms with Crippen LogP contribution in [-0.4, -0.2) is 30.6 Å². The summed E-state index contributed by atoms with van der Waals surface area (Å²) in [6.07, 6.45) is 11.4. The van der Waals surface area contributed by atoms with Crippen molar-refractivity contribution in [2.75, 3.05) is 6.61 Å². The number of ether oxygens (including phenoxy) is 4. The molecule has 3 aromatic rings. The molecule has 0 saturated heterocycles. The second-order valence-corrected chi connectivity index (χ2v) is 12.4. The van der Waals surface area contributed by atoms with Crippen LogP contribution in [0.2, 0.25) is 0 Å². The Kier molecular flexibility index (Phi) is 17.0. The molecule has 0 aromatic heterocycles. The minimum absolute atomic E-state index is 0.215. The average Bonchev–Trinajstić information content (AvgIpc) is 3.10. The Hall–Kier alpha value is -4.55. The van der Waals surface area contributed by atoms with Crippen LogP contribution >= 0.6 is 0 Å². The lowest BCUT2D eigenvalue weighted by atomic mass is 10.1. The van der Waals surface area contributed by atoms with E-state index in [1.54, 1.807) is 6.92 Å². The SMILES string of the molecule is CCCCCCCCCCOc1c(F)c(F)c(C(=O)Oc2ccc(C(=O)Oc3ccc(C(=O)OC(C)CCCCCC)c(F)c3)c(F)c2)c(F)c1F. The summed E-state index contributed by atoms with van der Waals surface area (Å²) in [6.45, 7) is 5.65. The number of hydrogen-bond acceptors (Lipinski definition) is 7. The van der Waals surface area contributed by atoms with Crippen LogP contribution in [-0.2, 0) is 4.74 Å². The highest BCUT2D eigenvalue weighted by atomic mass is 19.2. The molecule has 0 heterocycles. The minimum atomic E-state index is -2.07. The van der Waals surface area contributed by atoms with Crippen LogP contribution in [0.15, 0.2) is 36.4 Å². The standard InChI is InChI=1S/C39H44F6O7/c1-4-6-8-10-11-12-13-15-21-49-36-34(44)32(42)31(33(43)35(36)45)39(48)52-26-18-20-28(30(41)23-26)38(47)51-25-17-19-27(29(40)22-25)37(46)50-24(3)16-14-9-7-5-2/h17-20,22-24H,4-16,21H2,1-3H3. The van der Waals surface area contributed by atoms with Crippen LogP contribution in [0.25, 0.3) is 0 Å². The maximum atomic E-state index is 14.9. The Morgan fingerprint density at radius 3 is 1.56 bits per heavy atom. The van der Waals surface area contributed by atoms with Gasteiger partial charge in [-0.15, -0.1) is 0 Å².